The highest BCUT2D eigenvalue weighted by Gasteiger charge is 2.45. The van der Waals surface area contributed by atoms with Crippen molar-refractivity contribution < 1.29 is 9.53 Å². The molecule has 1 saturated carbocycles. The van der Waals surface area contributed by atoms with E-state index < -0.39 is 5.54 Å². The van der Waals surface area contributed by atoms with Gasteiger partial charge in [-0.25, -0.2) is 0 Å². The number of methoxy groups -OCH3 is 1. The second-order valence-corrected chi connectivity index (χ2v) is 5.56. The molecule has 1 aromatic carbocycles. The topological polar surface area (TPSA) is 64.3 Å². The van der Waals surface area contributed by atoms with Gasteiger partial charge in [0, 0.05) is 12.1 Å². The molecule has 0 unspecified atom stereocenters. The van der Waals surface area contributed by atoms with Gasteiger partial charge < -0.3 is 15.8 Å². The van der Waals surface area contributed by atoms with Crippen LogP contribution in [0.2, 0.25) is 0 Å². The molecule has 0 saturated heterocycles. The Hall–Kier alpha value is -1.55. The molecule has 4 heteroatoms. The van der Waals surface area contributed by atoms with Crippen LogP contribution in [0.5, 0.6) is 5.75 Å². The summed E-state index contributed by atoms with van der Waals surface area (Å²) in [6.07, 6.45) is 1.56. The van der Waals surface area contributed by atoms with Crippen molar-refractivity contribution in [1.82, 2.24) is 5.32 Å². The SMILES string of the molecule is COc1cc(C(C)C)ccc1CNC(=O)C1(N)CC1. The molecule has 104 valence electrons. The average Bonchev–Trinajstić information content (AvgIpc) is 3.14. The molecule has 0 atom stereocenters. The Morgan fingerprint density at radius 2 is 2.16 bits per heavy atom. The molecule has 0 radical (unpaired) electrons. The second kappa shape index (κ2) is 5.21. The number of nitrogens with one attached hydrogen (secondary N) is 1. The third kappa shape index (κ3) is 3.07. The van der Waals surface area contributed by atoms with Crippen molar-refractivity contribution in [1.29, 1.82) is 0 Å². The molecule has 2 rings (SSSR count). The van der Waals surface area contributed by atoms with Gasteiger partial charge in [0.1, 0.15) is 5.75 Å². The third-order valence-corrected chi connectivity index (χ3v) is 3.66. The molecule has 3 N–H and O–H groups in total. The zero-order chi connectivity index (χ0) is 14.0. The number of nitrogens with two attached hydrogens (primary N) is 1. The van der Waals surface area contributed by atoms with Gasteiger partial charge in [0.15, 0.2) is 0 Å². The van der Waals surface area contributed by atoms with E-state index in [0.29, 0.717) is 12.5 Å². The summed E-state index contributed by atoms with van der Waals surface area (Å²) >= 11 is 0. The van der Waals surface area contributed by atoms with Crippen molar-refractivity contribution in [2.24, 2.45) is 5.73 Å². The number of hydrogen-bond donors (Lipinski definition) is 2. The quantitative estimate of drug-likeness (QED) is 0.852. The molecule has 19 heavy (non-hydrogen) atoms. The van der Waals surface area contributed by atoms with Crippen molar-refractivity contribution in [2.45, 2.75) is 44.7 Å². The Morgan fingerprint density at radius 3 is 2.68 bits per heavy atom. The highest BCUT2D eigenvalue weighted by Crippen LogP contribution is 2.32. The van der Waals surface area contributed by atoms with Crippen LogP contribution in [0.15, 0.2) is 18.2 Å². The van der Waals surface area contributed by atoms with Gasteiger partial charge in [-0.15, -0.1) is 0 Å². The molecular weight excluding hydrogens is 240 g/mol. The predicted octanol–water partition coefficient (Wildman–Crippen LogP) is 1.93. The van der Waals surface area contributed by atoms with Crippen LogP contribution < -0.4 is 15.8 Å². The number of carbonyl (C=O) groups excluding carboxylic acids is 1. The van der Waals surface area contributed by atoms with Crippen molar-refractivity contribution in [3.63, 3.8) is 0 Å². The van der Waals surface area contributed by atoms with Crippen LogP contribution in [-0.4, -0.2) is 18.6 Å². The first-order chi connectivity index (χ1) is 8.96. The summed E-state index contributed by atoms with van der Waals surface area (Å²) in [5.74, 6) is 1.20. The number of rotatable bonds is 5. The van der Waals surface area contributed by atoms with E-state index in [1.807, 2.05) is 12.1 Å². The van der Waals surface area contributed by atoms with Gasteiger partial charge in [-0.3, -0.25) is 4.79 Å². The number of amides is 1. The molecular formula is C15H22N2O2. The summed E-state index contributed by atoms with van der Waals surface area (Å²) < 4.78 is 5.39. The lowest BCUT2D eigenvalue weighted by Crippen LogP contribution is -2.42. The fraction of sp³-hybridized carbons (Fsp3) is 0.533. The molecule has 0 heterocycles. The summed E-state index contributed by atoms with van der Waals surface area (Å²) in [5, 5.41) is 2.88. The molecule has 1 aliphatic rings. The maximum atomic E-state index is 11.8. The minimum absolute atomic E-state index is 0.0671. The predicted molar refractivity (Wildman–Crippen MR) is 75.1 cm³/mol. The minimum Gasteiger partial charge on any atom is -0.496 e. The summed E-state index contributed by atoms with van der Waals surface area (Å²) in [5.41, 5.74) is 7.43. The van der Waals surface area contributed by atoms with Crippen LogP contribution in [-0.2, 0) is 11.3 Å². The highest BCUT2D eigenvalue weighted by molar-refractivity contribution is 5.88. The van der Waals surface area contributed by atoms with E-state index in [4.69, 9.17) is 10.5 Å². The van der Waals surface area contributed by atoms with Gasteiger partial charge in [-0.1, -0.05) is 26.0 Å². The first-order valence-electron chi connectivity index (χ1n) is 6.70. The van der Waals surface area contributed by atoms with E-state index in [1.165, 1.54) is 5.56 Å². The van der Waals surface area contributed by atoms with Gasteiger partial charge in [0.2, 0.25) is 5.91 Å². The van der Waals surface area contributed by atoms with E-state index in [2.05, 4.69) is 25.2 Å². The van der Waals surface area contributed by atoms with Crippen LogP contribution in [0.3, 0.4) is 0 Å². The highest BCUT2D eigenvalue weighted by atomic mass is 16.5. The maximum Gasteiger partial charge on any atom is 0.240 e. The van der Waals surface area contributed by atoms with Crippen molar-refractivity contribution in [3.8, 4) is 5.75 Å². The van der Waals surface area contributed by atoms with Crippen LogP contribution in [0, 0.1) is 0 Å². The van der Waals surface area contributed by atoms with Crippen LogP contribution in [0.1, 0.15) is 43.7 Å². The van der Waals surface area contributed by atoms with Crippen molar-refractivity contribution >= 4 is 5.91 Å². The molecule has 0 spiro atoms. The summed E-state index contributed by atoms with van der Waals surface area (Å²) in [4.78, 5) is 11.8. The lowest BCUT2D eigenvalue weighted by Gasteiger charge is -2.14. The Kier molecular flexibility index (Phi) is 3.80. The van der Waals surface area contributed by atoms with Gasteiger partial charge in [-0.2, -0.15) is 0 Å². The summed E-state index contributed by atoms with van der Waals surface area (Å²) in [6, 6.07) is 6.11. The summed E-state index contributed by atoms with van der Waals surface area (Å²) in [6.45, 7) is 4.74. The average molecular weight is 262 g/mol. The molecule has 4 nitrogen and oxygen atoms in total. The van der Waals surface area contributed by atoms with E-state index in [9.17, 15) is 4.79 Å². The van der Waals surface area contributed by atoms with Gasteiger partial charge in [0.05, 0.1) is 12.6 Å². The molecule has 1 aliphatic carbocycles. The Morgan fingerprint density at radius 1 is 1.47 bits per heavy atom. The molecule has 0 aliphatic heterocycles. The van der Waals surface area contributed by atoms with Gasteiger partial charge in [0.25, 0.3) is 0 Å². The first-order valence-corrected chi connectivity index (χ1v) is 6.70. The molecule has 1 aromatic rings. The van der Waals surface area contributed by atoms with Gasteiger partial charge in [-0.05, 0) is 30.4 Å². The number of hydrogen-bond acceptors (Lipinski definition) is 3. The Balaban J connectivity index is 2.05. The molecule has 0 aromatic heterocycles. The van der Waals surface area contributed by atoms with Crippen molar-refractivity contribution in [2.75, 3.05) is 7.11 Å². The largest absolute Gasteiger partial charge is 0.496 e. The smallest absolute Gasteiger partial charge is 0.240 e. The number of benzene rings is 1. The maximum absolute atomic E-state index is 11.8. The van der Waals surface area contributed by atoms with E-state index in [1.54, 1.807) is 7.11 Å². The Labute approximate surface area is 114 Å². The monoisotopic (exact) mass is 262 g/mol. The number of carbonyl (C=O) groups is 1. The van der Waals surface area contributed by atoms with Crippen LogP contribution in [0.25, 0.3) is 0 Å². The van der Waals surface area contributed by atoms with E-state index >= 15 is 0 Å². The minimum atomic E-state index is -0.620. The molecule has 1 amide bonds. The Bertz CT molecular complexity index is 479. The normalized spacial score (nSPS) is 16.3. The second-order valence-electron chi connectivity index (χ2n) is 5.56. The van der Waals surface area contributed by atoms with Crippen LogP contribution in [0.4, 0.5) is 0 Å². The zero-order valence-corrected chi connectivity index (χ0v) is 11.8. The standard InChI is InChI=1S/C15H22N2O2/c1-10(2)11-4-5-12(13(8-11)19-3)9-17-14(18)15(16)6-7-15/h4-5,8,10H,6-7,9,16H2,1-3H3,(H,17,18). The molecule has 1 fully saturated rings. The first kappa shape index (κ1) is 13.9. The molecule has 0 bridgehead atoms. The fourth-order valence-corrected chi connectivity index (χ4v) is 1.98. The van der Waals surface area contributed by atoms with E-state index in [-0.39, 0.29) is 5.91 Å². The van der Waals surface area contributed by atoms with Gasteiger partial charge >= 0.3 is 0 Å². The zero-order valence-electron chi connectivity index (χ0n) is 11.8. The van der Waals surface area contributed by atoms with Crippen molar-refractivity contribution in [3.05, 3.63) is 29.3 Å². The lowest BCUT2D eigenvalue weighted by atomic mass is 10.0. The lowest BCUT2D eigenvalue weighted by molar-refractivity contribution is -0.123. The van der Waals surface area contributed by atoms with E-state index in [0.717, 1.165) is 24.2 Å². The number of ether oxygens (including phenoxy) is 1. The fourth-order valence-electron chi connectivity index (χ4n) is 1.98. The summed E-state index contributed by atoms with van der Waals surface area (Å²) in [7, 11) is 1.65. The third-order valence-electron chi connectivity index (χ3n) is 3.66. The van der Waals surface area contributed by atoms with Crippen LogP contribution >= 0.6 is 0 Å².